The summed E-state index contributed by atoms with van der Waals surface area (Å²) in [6.45, 7) is 3.88. The molecule has 1 unspecified atom stereocenters. The van der Waals surface area contributed by atoms with Gasteiger partial charge in [0.15, 0.2) is 10.9 Å². The predicted octanol–water partition coefficient (Wildman–Crippen LogP) is 1.14. The minimum absolute atomic E-state index is 0.0972. The Morgan fingerprint density at radius 1 is 1.56 bits per heavy atom. The van der Waals surface area contributed by atoms with Gasteiger partial charge in [-0.1, -0.05) is 6.92 Å². The normalized spacial score (nSPS) is 12.2. The fraction of sp³-hybridized carbons (Fsp3) is 0.500. The predicted molar refractivity (Wildman–Crippen MR) is 63.8 cm³/mol. The van der Waals surface area contributed by atoms with Crippen molar-refractivity contribution < 1.29 is 9.59 Å². The van der Waals surface area contributed by atoms with Crippen molar-refractivity contribution in [2.24, 2.45) is 5.92 Å². The van der Waals surface area contributed by atoms with Crippen molar-refractivity contribution in [2.75, 3.05) is 18.9 Å². The molecule has 88 valence electrons. The molecule has 0 spiro atoms. The van der Waals surface area contributed by atoms with Gasteiger partial charge in [-0.05, 0) is 7.05 Å². The molecule has 1 amide bonds. The molecule has 16 heavy (non-hydrogen) atoms. The summed E-state index contributed by atoms with van der Waals surface area (Å²) in [5.41, 5.74) is 0.390. The first-order valence-electron chi connectivity index (χ1n) is 4.96. The van der Waals surface area contributed by atoms with E-state index in [4.69, 9.17) is 0 Å². The highest BCUT2D eigenvalue weighted by atomic mass is 32.1. The Balaban J connectivity index is 2.59. The fourth-order valence-electron chi connectivity index (χ4n) is 1.12. The van der Waals surface area contributed by atoms with Crippen molar-refractivity contribution in [2.45, 2.75) is 13.8 Å². The van der Waals surface area contributed by atoms with Crippen molar-refractivity contribution in [3.05, 3.63) is 11.1 Å². The summed E-state index contributed by atoms with van der Waals surface area (Å²) < 4.78 is 0. The number of Topliss-reactive ketones (excluding diaryl/α,β-unsaturated/α-hetero) is 1. The van der Waals surface area contributed by atoms with Crippen LogP contribution in [0.5, 0.6) is 0 Å². The molecule has 2 N–H and O–H groups in total. The Morgan fingerprint density at radius 2 is 2.25 bits per heavy atom. The lowest BCUT2D eigenvalue weighted by molar-refractivity contribution is -0.119. The molecule has 1 rings (SSSR count). The number of anilines is 1. The Bertz CT molecular complexity index is 389. The minimum Gasteiger partial charge on any atom is -0.319 e. The van der Waals surface area contributed by atoms with Crippen molar-refractivity contribution in [1.82, 2.24) is 10.3 Å². The van der Waals surface area contributed by atoms with Crippen LogP contribution in [-0.4, -0.2) is 30.3 Å². The van der Waals surface area contributed by atoms with Crippen LogP contribution >= 0.6 is 11.3 Å². The van der Waals surface area contributed by atoms with E-state index in [9.17, 15) is 9.59 Å². The topological polar surface area (TPSA) is 71.1 Å². The molecule has 0 fully saturated rings. The number of hydrogen-bond acceptors (Lipinski definition) is 5. The molecule has 5 nitrogen and oxygen atoms in total. The van der Waals surface area contributed by atoms with Gasteiger partial charge in [-0.15, -0.1) is 11.3 Å². The highest BCUT2D eigenvalue weighted by Crippen LogP contribution is 2.16. The summed E-state index contributed by atoms with van der Waals surface area (Å²) in [6.07, 6.45) is 0. The van der Waals surface area contributed by atoms with E-state index >= 15 is 0 Å². The number of nitrogens with zero attached hydrogens (tertiary/aromatic N) is 1. The average molecular weight is 241 g/mol. The van der Waals surface area contributed by atoms with Crippen molar-refractivity contribution in [3.8, 4) is 0 Å². The van der Waals surface area contributed by atoms with E-state index in [1.54, 1.807) is 12.4 Å². The molecule has 0 aliphatic rings. The van der Waals surface area contributed by atoms with Gasteiger partial charge in [0.05, 0.1) is 0 Å². The van der Waals surface area contributed by atoms with Crippen LogP contribution in [-0.2, 0) is 4.79 Å². The Kier molecular flexibility index (Phi) is 4.57. The standard InChI is InChI=1S/C10H15N3O2S/c1-6(4-11-3)9(15)13-10-12-8(5-16-10)7(2)14/h5-6,11H,4H2,1-3H3,(H,12,13,15). The van der Waals surface area contributed by atoms with Gasteiger partial charge in [0.1, 0.15) is 5.69 Å². The van der Waals surface area contributed by atoms with Crippen LogP contribution in [0.2, 0.25) is 0 Å². The Morgan fingerprint density at radius 3 is 2.75 bits per heavy atom. The number of carbonyl (C=O) groups excluding carboxylic acids is 2. The largest absolute Gasteiger partial charge is 0.319 e. The van der Waals surface area contributed by atoms with Gasteiger partial charge >= 0.3 is 0 Å². The van der Waals surface area contributed by atoms with E-state index in [0.29, 0.717) is 17.4 Å². The molecular formula is C10H15N3O2S. The number of thiazole rings is 1. The number of rotatable bonds is 5. The molecule has 0 aliphatic carbocycles. The maximum absolute atomic E-state index is 11.6. The summed E-state index contributed by atoms with van der Waals surface area (Å²) in [5, 5.41) is 7.71. The number of aromatic nitrogens is 1. The van der Waals surface area contributed by atoms with Crippen LogP contribution in [0.3, 0.4) is 0 Å². The second kappa shape index (κ2) is 5.72. The summed E-state index contributed by atoms with van der Waals surface area (Å²) in [5.74, 6) is -0.325. The molecule has 1 aromatic rings. The molecular weight excluding hydrogens is 226 g/mol. The molecule has 0 saturated heterocycles. The monoisotopic (exact) mass is 241 g/mol. The van der Waals surface area contributed by atoms with Crippen LogP contribution in [0, 0.1) is 5.92 Å². The lowest BCUT2D eigenvalue weighted by Gasteiger charge is -2.09. The highest BCUT2D eigenvalue weighted by molar-refractivity contribution is 7.14. The number of nitrogens with one attached hydrogen (secondary N) is 2. The maximum Gasteiger partial charge on any atom is 0.230 e. The first kappa shape index (κ1) is 12.8. The second-order valence-corrected chi connectivity index (χ2v) is 4.40. The van der Waals surface area contributed by atoms with E-state index in [2.05, 4.69) is 15.6 Å². The smallest absolute Gasteiger partial charge is 0.230 e. The molecule has 0 bridgehead atoms. The molecule has 0 radical (unpaired) electrons. The zero-order valence-electron chi connectivity index (χ0n) is 9.53. The van der Waals surface area contributed by atoms with E-state index in [-0.39, 0.29) is 17.6 Å². The third-order valence-electron chi connectivity index (χ3n) is 2.05. The van der Waals surface area contributed by atoms with Gasteiger partial charge in [-0.25, -0.2) is 4.98 Å². The summed E-state index contributed by atoms with van der Waals surface area (Å²) in [6, 6.07) is 0. The molecule has 1 aromatic heterocycles. The van der Waals surface area contributed by atoms with Crippen LogP contribution < -0.4 is 10.6 Å². The molecule has 0 aromatic carbocycles. The molecule has 0 saturated carbocycles. The maximum atomic E-state index is 11.6. The van der Waals surface area contributed by atoms with Gasteiger partial charge in [0, 0.05) is 24.8 Å². The summed E-state index contributed by atoms with van der Waals surface area (Å²) in [7, 11) is 1.79. The molecule has 0 aliphatic heterocycles. The van der Waals surface area contributed by atoms with Gasteiger partial charge in [0.2, 0.25) is 5.91 Å². The van der Waals surface area contributed by atoms with Gasteiger partial charge in [-0.3, -0.25) is 9.59 Å². The van der Waals surface area contributed by atoms with Crippen molar-refractivity contribution in [3.63, 3.8) is 0 Å². The third-order valence-corrected chi connectivity index (χ3v) is 2.81. The quantitative estimate of drug-likeness (QED) is 0.758. The fourth-order valence-corrected chi connectivity index (χ4v) is 1.87. The summed E-state index contributed by atoms with van der Waals surface area (Å²) in [4.78, 5) is 26.6. The lowest BCUT2D eigenvalue weighted by Crippen LogP contribution is -2.28. The SMILES string of the molecule is CNCC(C)C(=O)Nc1nc(C(C)=O)cs1. The van der Waals surface area contributed by atoms with Gasteiger partial charge in [0.25, 0.3) is 0 Å². The number of amides is 1. The number of carbonyl (C=O) groups is 2. The van der Waals surface area contributed by atoms with Crippen LogP contribution in [0.25, 0.3) is 0 Å². The van der Waals surface area contributed by atoms with Gasteiger partial charge in [-0.2, -0.15) is 0 Å². The third kappa shape index (κ3) is 3.39. The average Bonchev–Trinajstić information content (AvgIpc) is 2.66. The van der Waals surface area contributed by atoms with Crippen molar-refractivity contribution in [1.29, 1.82) is 0 Å². The first-order chi connectivity index (χ1) is 7.54. The number of ketones is 1. The molecule has 6 heteroatoms. The molecule has 1 heterocycles. The number of hydrogen-bond donors (Lipinski definition) is 2. The zero-order chi connectivity index (χ0) is 12.1. The van der Waals surface area contributed by atoms with E-state index in [1.165, 1.54) is 18.3 Å². The van der Waals surface area contributed by atoms with Crippen molar-refractivity contribution >= 4 is 28.2 Å². The highest BCUT2D eigenvalue weighted by Gasteiger charge is 2.14. The van der Waals surface area contributed by atoms with E-state index in [0.717, 1.165) is 0 Å². The van der Waals surface area contributed by atoms with E-state index in [1.807, 2.05) is 6.92 Å². The van der Waals surface area contributed by atoms with Crippen LogP contribution in [0.4, 0.5) is 5.13 Å². The lowest BCUT2D eigenvalue weighted by atomic mass is 10.2. The van der Waals surface area contributed by atoms with Gasteiger partial charge < -0.3 is 10.6 Å². The molecule has 1 atom stereocenters. The Hall–Kier alpha value is -1.27. The first-order valence-corrected chi connectivity index (χ1v) is 5.84. The Labute approximate surface area is 98.3 Å². The second-order valence-electron chi connectivity index (χ2n) is 3.54. The summed E-state index contributed by atoms with van der Waals surface area (Å²) >= 11 is 1.26. The van der Waals surface area contributed by atoms with Crippen LogP contribution in [0.15, 0.2) is 5.38 Å². The zero-order valence-corrected chi connectivity index (χ0v) is 10.4. The minimum atomic E-state index is -0.130. The van der Waals surface area contributed by atoms with E-state index < -0.39 is 0 Å². The van der Waals surface area contributed by atoms with Crippen LogP contribution in [0.1, 0.15) is 24.3 Å².